The van der Waals surface area contributed by atoms with Gasteiger partial charge in [-0.25, -0.2) is 0 Å². The molecule has 9 heteroatoms. The lowest BCUT2D eigenvalue weighted by Crippen LogP contribution is -2.35. The first-order chi connectivity index (χ1) is 17.6. The van der Waals surface area contributed by atoms with E-state index < -0.39 is 5.91 Å². The number of thioether (sulfide) groups is 1. The summed E-state index contributed by atoms with van der Waals surface area (Å²) in [6.07, 6.45) is 1.63. The molecule has 0 saturated heterocycles. The molecule has 0 atom stereocenters. The van der Waals surface area contributed by atoms with Crippen LogP contribution in [0, 0.1) is 5.41 Å². The van der Waals surface area contributed by atoms with Gasteiger partial charge in [0.05, 0.1) is 12.7 Å². The predicted octanol–water partition coefficient (Wildman–Crippen LogP) is 4.82. The Kier molecular flexibility index (Phi) is 6.81. The number of nitrogens with zero attached hydrogens (tertiary/aromatic N) is 3. The van der Waals surface area contributed by atoms with Gasteiger partial charge in [0.1, 0.15) is 35.5 Å². The zero-order chi connectivity index (χ0) is 24.9. The van der Waals surface area contributed by atoms with E-state index in [1.807, 2.05) is 72.8 Å². The van der Waals surface area contributed by atoms with E-state index in [-0.39, 0.29) is 11.4 Å². The third-order valence-corrected chi connectivity index (χ3v) is 6.26. The number of hydrogen-bond acceptors (Lipinski definition) is 7. The van der Waals surface area contributed by atoms with Gasteiger partial charge in [0.25, 0.3) is 5.91 Å². The van der Waals surface area contributed by atoms with Gasteiger partial charge in [-0.1, -0.05) is 48.5 Å². The van der Waals surface area contributed by atoms with Crippen LogP contribution in [-0.2, 0) is 4.79 Å². The van der Waals surface area contributed by atoms with Crippen molar-refractivity contribution in [1.29, 1.82) is 5.41 Å². The number of benzene rings is 3. The van der Waals surface area contributed by atoms with E-state index in [4.69, 9.17) is 19.6 Å². The Labute approximate surface area is 212 Å². The average Bonchev–Trinajstić information content (AvgIpc) is 3.34. The molecule has 5 rings (SSSR count). The molecule has 0 fully saturated rings. The van der Waals surface area contributed by atoms with Gasteiger partial charge in [0.15, 0.2) is 5.84 Å². The van der Waals surface area contributed by atoms with Crippen LogP contribution in [-0.4, -0.2) is 47.3 Å². The molecule has 3 aromatic rings. The molecule has 2 aliphatic heterocycles. The lowest BCUT2D eigenvalue weighted by atomic mass is 10.1. The van der Waals surface area contributed by atoms with Gasteiger partial charge in [-0.2, -0.15) is 15.1 Å². The fraction of sp³-hybridized carbons (Fsp3) is 0.111. The number of amides is 1. The molecule has 180 valence electrons. The standard InChI is InChI=1S/C27H22N4O4S/c1-33-20-10-6-12-22(17-20)35-14-13-34-21-11-5-7-18(15-21)16-23-24(28)31-27(29-25(23)32)36-26(30-31)19-8-3-2-4-9-19/h2-12,15-17,28H,13-14H2,1H3/b23-16+,28-24?. The zero-order valence-electron chi connectivity index (χ0n) is 19.4. The highest BCUT2D eigenvalue weighted by molar-refractivity contribution is 8.27. The summed E-state index contributed by atoms with van der Waals surface area (Å²) in [5, 5.41) is 15.6. The average molecular weight is 499 g/mol. The summed E-state index contributed by atoms with van der Waals surface area (Å²) in [5.74, 6) is 1.56. The van der Waals surface area contributed by atoms with Crippen LogP contribution in [0.25, 0.3) is 6.08 Å². The fourth-order valence-electron chi connectivity index (χ4n) is 3.56. The lowest BCUT2D eigenvalue weighted by Gasteiger charge is -2.20. The molecule has 0 aliphatic carbocycles. The zero-order valence-corrected chi connectivity index (χ0v) is 20.2. The monoisotopic (exact) mass is 498 g/mol. The van der Waals surface area contributed by atoms with Crippen molar-refractivity contribution in [3.05, 3.63) is 95.6 Å². The summed E-state index contributed by atoms with van der Waals surface area (Å²) in [4.78, 5) is 16.9. The van der Waals surface area contributed by atoms with Gasteiger partial charge in [0.2, 0.25) is 5.17 Å². The normalized spacial score (nSPS) is 15.9. The summed E-state index contributed by atoms with van der Waals surface area (Å²) in [7, 11) is 1.61. The van der Waals surface area contributed by atoms with Crippen molar-refractivity contribution in [3.8, 4) is 17.2 Å². The van der Waals surface area contributed by atoms with Crippen molar-refractivity contribution < 1.29 is 19.0 Å². The smallest absolute Gasteiger partial charge is 0.283 e. The number of aliphatic imine (C=N–C) groups is 1. The van der Waals surface area contributed by atoms with E-state index in [1.165, 1.54) is 16.8 Å². The number of ether oxygens (including phenoxy) is 3. The number of hydrazone groups is 1. The Morgan fingerprint density at radius 3 is 2.36 bits per heavy atom. The quantitative estimate of drug-likeness (QED) is 0.353. The maximum absolute atomic E-state index is 12.7. The molecule has 36 heavy (non-hydrogen) atoms. The number of carbonyl (C=O) groups excluding carboxylic acids is 1. The predicted molar refractivity (Wildman–Crippen MR) is 141 cm³/mol. The Hall–Kier alpha value is -4.37. The minimum Gasteiger partial charge on any atom is -0.497 e. The minimum absolute atomic E-state index is 0.0126. The highest BCUT2D eigenvalue weighted by Gasteiger charge is 2.35. The molecular formula is C27H22N4O4S. The van der Waals surface area contributed by atoms with Crippen LogP contribution in [0.5, 0.6) is 17.2 Å². The number of amidine groups is 2. The first-order valence-electron chi connectivity index (χ1n) is 11.2. The van der Waals surface area contributed by atoms with Crippen molar-refractivity contribution in [3.63, 3.8) is 0 Å². The number of fused-ring (bicyclic) bond motifs is 1. The van der Waals surface area contributed by atoms with Crippen LogP contribution in [0.1, 0.15) is 11.1 Å². The molecule has 3 aromatic carbocycles. The lowest BCUT2D eigenvalue weighted by molar-refractivity contribution is -0.114. The first-order valence-corrected chi connectivity index (χ1v) is 12.0. The van der Waals surface area contributed by atoms with Gasteiger partial charge in [-0.05, 0) is 47.7 Å². The summed E-state index contributed by atoms with van der Waals surface area (Å²) < 4.78 is 16.7. The summed E-state index contributed by atoms with van der Waals surface area (Å²) in [6.45, 7) is 0.690. The SMILES string of the molecule is COc1cccc(OCCOc2cccc(/C=C3\C(=N)N4N=C(c5ccccc5)SC4=NC3=O)c2)c1. The topological polar surface area (TPSA) is 96.6 Å². The summed E-state index contributed by atoms with van der Waals surface area (Å²) in [6, 6.07) is 24.3. The third kappa shape index (κ3) is 5.16. The van der Waals surface area contributed by atoms with Crippen molar-refractivity contribution in [2.24, 2.45) is 10.1 Å². The van der Waals surface area contributed by atoms with Crippen LogP contribution in [0.4, 0.5) is 0 Å². The highest BCUT2D eigenvalue weighted by Crippen LogP contribution is 2.31. The van der Waals surface area contributed by atoms with Gasteiger partial charge in [0, 0.05) is 11.6 Å². The highest BCUT2D eigenvalue weighted by atomic mass is 32.2. The number of nitrogens with one attached hydrogen (secondary N) is 1. The molecule has 0 radical (unpaired) electrons. The van der Waals surface area contributed by atoms with Gasteiger partial charge in [-0.3, -0.25) is 10.2 Å². The second-order valence-corrected chi connectivity index (χ2v) is 8.70. The third-order valence-electron chi connectivity index (χ3n) is 5.31. The first kappa shape index (κ1) is 23.4. The Balaban J connectivity index is 1.25. The van der Waals surface area contributed by atoms with Crippen molar-refractivity contribution >= 4 is 39.8 Å². The van der Waals surface area contributed by atoms with Crippen LogP contribution in [0.3, 0.4) is 0 Å². The van der Waals surface area contributed by atoms with Crippen LogP contribution < -0.4 is 14.2 Å². The fourth-order valence-corrected chi connectivity index (χ4v) is 4.46. The second kappa shape index (κ2) is 10.5. The summed E-state index contributed by atoms with van der Waals surface area (Å²) in [5.41, 5.74) is 1.79. The second-order valence-electron chi connectivity index (χ2n) is 7.74. The van der Waals surface area contributed by atoms with Crippen molar-refractivity contribution in [2.75, 3.05) is 20.3 Å². The van der Waals surface area contributed by atoms with E-state index in [1.54, 1.807) is 19.3 Å². The van der Waals surface area contributed by atoms with Gasteiger partial charge >= 0.3 is 0 Å². The number of rotatable bonds is 8. The number of carbonyl (C=O) groups is 1. The largest absolute Gasteiger partial charge is 0.497 e. The van der Waals surface area contributed by atoms with Crippen molar-refractivity contribution in [2.45, 2.75) is 0 Å². The number of methoxy groups -OCH3 is 1. The Morgan fingerprint density at radius 2 is 1.61 bits per heavy atom. The molecule has 0 spiro atoms. The van der Waals surface area contributed by atoms with Crippen LogP contribution in [0.2, 0.25) is 0 Å². The molecule has 1 N–H and O–H groups in total. The molecule has 1 amide bonds. The van der Waals surface area contributed by atoms with Gasteiger partial charge in [-0.15, -0.1) is 0 Å². The Bertz CT molecular complexity index is 1400. The maximum Gasteiger partial charge on any atom is 0.283 e. The van der Waals surface area contributed by atoms with Crippen LogP contribution >= 0.6 is 11.8 Å². The minimum atomic E-state index is -0.471. The van der Waals surface area contributed by atoms with E-state index in [2.05, 4.69) is 10.1 Å². The van der Waals surface area contributed by atoms with Crippen LogP contribution in [0.15, 0.2) is 94.5 Å². The van der Waals surface area contributed by atoms with Crippen molar-refractivity contribution in [1.82, 2.24) is 5.01 Å². The number of hydrogen-bond donors (Lipinski definition) is 1. The molecular weight excluding hydrogens is 476 g/mol. The molecule has 0 unspecified atom stereocenters. The molecule has 0 saturated carbocycles. The maximum atomic E-state index is 12.7. The summed E-state index contributed by atoms with van der Waals surface area (Å²) >= 11 is 1.28. The Morgan fingerprint density at radius 1 is 0.917 bits per heavy atom. The van der Waals surface area contributed by atoms with E-state index in [9.17, 15) is 4.79 Å². The van der Waals surface area contributed by atoms with E-state index >= 15 is 0 Å². The molecule has 2 aliphatic rings. The van der Waals surface area contributed by atoms with Gasteiger partial charge < -0.3 is 14.2 Å². The molecule has 0 bridgehead atoms. The molecule has 2 heterocycles. The molecule has 0 aromatic heterocycles. The molecule has 8 nitrogen and oxygen atoms in total. The van der Waals surface area contributed by atoms with E-state index in [0.717, 1.165) is 11.3 Å². The van der Waals surface area contributed by atoms with E-state index in [0.29, 0.717) is 40.5 Å².